The molecule has 0 saturated heterocycles. The molecule has 11 heteroatoms. The summed E-state index contributed by atoms with van der Waals surface area (Å²) in [7, 11) is 3.52. The zero-order valence-electron chi connectivity index (χ0n) is 23.4. The van der Waals surface area contributed by atoms with Crippen LogP contribution in [0.1, 0.15) is 66.2 Å². The Bertz CT molecular complexity index is 1110. The first-order chi connectivity index (χ1) is 18.3. The average molecular weight is 902 g/mol. The first-order valence-electron chi connectivity index (χ1n) is 12.4. The number of Topliss-reactive ketones (excluding diaryl/α,β-unsaturated/α-hetero) is 1. The number of alkyl halides is 2. The summed E-state index contributed by atoms with van der Waals surface area (Å²) >= 11 is 11.4. The third-order valence-corrected chi connectivity index (χ3v) is 9.06. The molecule has 6 nitrogen and oxygen atoms in total. The molecular weight excluding hydrogens is 869 g/mol. The van der Waals surface area contributed by atoms with Crippen LogP contribution in [-0.4, -0.2) is 52.6 Å². The summed E-state index contributed by atoms with van der Waals surface area (Å²) in [5, 5.41) is 0. The molecule has 2 aromatic carbocycles. The van der Waals surface area contributed by atoms with Crippen molar-refractivity contribution in [2.75, 3.05) is 23.1 Å². The maximum Gasteiger partial charge on any atom is 1.00 e. The van der Waals surface area contributed by atoms with E-state index in [0.717, 1.165) is 45.9 Å². The first kappa shape index (κ1) is 35.9. The van der Waals surface area contributed by atoms with E-state index in [-0.39, 0.29) is 48.8 Å². The van der Waals surface area contributed by atoms with Crippen molar-refractivity contribution < 1.29 is 59.5 Å². The van der Waals surface area contributed by atoms with Crippen molar-refractivity contribution in [1.82, 2.24) is 0 Å². The standard InChI is InChI=1S/C14H15BrO3.C8H5BrO2.C6H12I2O.Na.H/c1-17-10-4-6-14(7-5-10)13(16)11-8-9(15)2-3-12(11)18-14;9-6-2-1-5-4-11-8(10)7(5)3-6;1-9-6(2-4-7)3-5-8;;/h2-3,8,10H,4-7H2,1H3;1-3H,4H2;6H,2-5H2,1H3;;/q;;;+1;-1. The number of ether oxygens (including phenoxy) is 4. The molecule has 1 saturated carbocycles. The van der Waals surface area contributed by atoms with Gasteiger partial charge in [-0.15, -0.1) is 0 Å². The Labute approximate surface area is 298 Å². The fourth-order valence-electron chi connectivity index (χ4n) is 4.60. The molecule has 39 heavy (non-hydrogen) atoms. The number of esters is 1. The maximum absolute atomic E-state index is 12.5. The van der Waals surface area contributed by atoms with E-state index in [0.29, 0.717) is 23.8 Å². The first-order valence-corrected chi connectivity index (χ1v) is 17.1. The van der Waals surface area contributed by atoms with Crippen LogP contribution in [0.25, 0.3) is 0 Å². The minimum absolute atomic E-state index is 0. The minimum Gasteiger partial charge on any atom is -1.00 e. The van der Waals surface area contributed by atoms with Gasteiger partial charge in [-0.3, -0.25) is 4.79 Å². The summed E-state index contributed by atoms with van der Waals surface area (Å²) in [5.74, 6) is 0.633. The summed E-state index contributed by atoms with van der Waals surface area (Å²) in [6.07, 6.45) is 6.42. The van der Waals surface area contributed by atoms with Crippen molar-refractivity contribution in [3.63, 3.8) is 0 Å². The van der Waals surface area contributed by atoms with Gasteiger partial charge in [0.1, 0.15) is 12.4 Å². The second-order valence-corrected chi connectivity index (χ2v) is 13.2. The third kappa shape index (κ3) is 9.87. The zero-order valence-corrected chi connectivity index (χ0v) is 31.9. The van der Waals surface area contributed by atoms with Gasteiger partial charge in [-0.05, 0) is 68.9 Å². The largest absolute Gasteiger partial charge is 1.00 e. The maximum atomic E-state index is 12.5. The van der Waals surface area contributed by atoms with E-state index in [4.69, 9.17) is 18.9 Å². The molecule has 0 unspecified atom stereocenters. The van der Waals surface area contributed by atoms with Gasteiger partial charge in [0, 0.05) is 37.6 Å². The topological polar surface area (TPSA) is 71.1 Å². The zero-order chi connectivity index (χ0) is 27.7. The van der Waals surface area contributed by atoms with E-state index in [9.17, 15) is 9.59 Å². The van der Waals surface area contributed by atoms with Crippen LogP contribution in [0.2, 0.25) is 0 Å². The molecular formula is C28H33Br2I2NaO6. The fourth-order valence-corrected chi connectivity index (χ4v) is 6.71. The summed E-state index contributed by atoms with van der Waals surface area (Å²) in [6.45, 7) is 0.418. The molecule has 0 aromatic heterocycles. The van der Waals surface area contributed by atoms with Crippen molar-refractivity contribution in [3.8, 4) is 5.75 Å². The van der Waals surface area contributed by atoms with E-state index in [1.807, 2.05) is 30.3 Å². The van der Waals surface area contributed by atoms with Crippen LogP contribution < -0.4 is 34.3 Å². The number of ketones is 1. The monoisotopic (exact) mass is 900 g/mol. The molecule has 0 radical (unpaired) electrons. The molecule has 1 spiro atoms. The number of cyclic esters (lactones) is 1. The van der Waals surface area contributed by atoms with Crippen LogP contribution in [0.3, 0.4) is 0 Å². The van der Waals surface area contributed by atoms with Gasteiger partial charge in [-0.1, -0.05) is 83.1 Å². The van der Waals surface area contributed by atoms with Crippen molar-refractivity contribution in [3.05, 3.63) is 62.0 Å². The van der Waals surface area contributed by atoms with Crippen molar-refractivity contribution in [1.29, 1.82) is 0 Å². The van der Waals surface area contributed by atoms with E-state index in [2.05, 4.69) is 77.0 Å². The van der Waals surface area contributed by atoms with Crippen LogP contribution >= 0.6 is 77.0 Å². The van der Waals surface area contributed by atoms with Crippen LogP contribution in [0.5, 0.6) is 5.75 Å². The summed E-state index contributed by atoms with van der Waals surface area (Å²) in [6, 6.07) is 11.2. The van der Waals surface area contributed by atoms with Crippen molar-refractivity contribution >= 4 is 88.8 Å². The molecule has 0 N–H and O–H groups in total. The number of hydrogen-bond donors (Lipinski definition) is 0. The van der Waals surface area contributed by atoms with Crippen molar-refractivity contribution in [2.45, 2.75) is 62.9 Å². The predicted molar refractivity (Wildman–Crippen MR) is 173 cm³/mol. The molecule has 2 aliphatic heterocycles. The van der Waals surface area contributed by atoms with E-state index < -0.39 is 5.60 Å². The van der Waals surface area contributed by atoms with Gasteiger partial charge in [-0.2, -0.15) is 0 Å². The molecule has 2 heterocycles. The van der Waals surface area contributed by atoms with Crippen LogP contribution in [0, 0.1) is 0 Å². The molecule has 0 amide bonds. The van der Waals surface area contributed by atoms with Gasteiger partial charge in [0.2, 0.25) is 5.78 Å². The number of fused-ring (bicyclic) bond motifs is 2. The Hall–Kier alpha value is 0.720. The summed E-state index contributed by atoms with van der Waals surface area (Å²) in [5.41, 5.74) is 1.73. The minimum atomic E-state index is -0.627. The SMILES string of the molecule is COC(CCI)CCI.COC1CCC2(CC1)Oc1ccc(Br)cc1C2=O.O=C1OCc2ccc(Br)cc21.[H-].[Na+]. The average Bonchev–Trinajstić information content (AvgIpc) is 3.41. The molecule has 0 atom stereocenters. The molecule has 1 aliphatic carbocycles. The molecule has 210 valence electrons. The number of halogens is 4. The number of rotatable bonds is 6. The molecule has 5 rings (SSSR count). The number of methoxy groups -OCH3 is 2. The summed E-state index contributed by atoms with van der Waals surface area (Å²) < 4.78 is 25.6. The number of carbonyl (C=O) groups is 2. The Morgan fingerprint density at radius 3 is 2.15 bits per heavy atom. The van der Waals surface area contributed by atoms with E-state index in [1.165, 1.54) is 21.7 Å². The van der Waals surface area contributed by atoms with Gasteiger partial charge < -0.3 is 20.4 Å². The smallest absolute Gasteiger partial charge is 1.00 e. The van der Waals surface area contributed by atoms with Crippen LogP contribution in [-0.2, 0) is 20.8 Å². The van der Waals surface area contributed by atoms with Gasteiger partial charge in [0.15, 0.2) is 5.60 Å². The van der Waals surface area contributed by atoms with Gasteiger partial charge in [0.05, 0.1) is 23.3 Å². The molecule has 2 aromatic rings. The van der Waals surface area contributed by atoms with Crippen LogP contribution in [0.4, 0.5) is 0 Å². The Morgan fingerprint density at radius 1 is 1.00 bits per heavy atom. The summed E-state index contributed by atoms with van der Waals surface area (Å²) in [4.78, 5) is 23.5. The Morgan fingerprint density at radius 2 is 1.59 bits per heavy atom. The molecule has 3 aliphatic rings. The predicted octanol–water partition coefficient (Wildman–Crippen LogP) is 5.24. The normalized spacial score (nSPS) is 20.5. The Balaban J connectivity index is 0.000000316. The van der Waals surface area contributed by atoms with Gasteiger partial charge >= 0.3 is 35.5 Å². The molecule has 0 bridgehead atoms. The Kier molecular flexibility index (Phi) is 16.3. The van der Waals surface area contributed by atoms with Gasteiger partial charge in [-0.25, -0.2) is 4.79 Å². The van der Waals surface area contributed by atoms with Gasteiger partial charge in [0.25, 0.3) is 0 Å². The quantitative estimate of drug-likeness (QED) is 0.171. The van der Waals surface area contributed by atoms with E-state index >= 15 is 0 Å². The number of hydrogen-bond acceptors (Lipinski definition) is 6. The second kappa shape index (κ2) is 17.7. The fraction of sp³-hybridized carbons (Fsp3) is 0.500. The number of carbonyl (C=O) groups excluding carboxylic acids is 2. The number of benzene rings is 2. The van der Waals surface area contributed by atoms with Crippen molar-refractivity contribution in [2.24, 2.45) is 0 Å². The van der Waals surface area contributed by atoms with Crippen LogP contribution in [0.15, 0.2) is 45.3 Å². The third-order valence-electron chi connectivity index (χ3n) is 6.83. The molecule has 1 fully saturated rings. The van der Waals surface area contributed by atoms with E-state index in [1.54, 1.807) is 20.3 Å². The second-order valence-electron chi connectivity index (χ2n) is 9.19.